The maximum Gasteiger partial charge on any atom is 0.341 e. The maximum absolute atomic E-state index is 11.6. The lowest BCUT2D eigenvalue weighted by molar-refractivity contribution is 0.0597. The predicted molar refractivity (Wildman–Crippen MR) is 68.1 cm³/mol. The first-order valence-corrected chi connectivity index (χ1v) is 5.65. The van der Waals surface area contributed by atoms with Crippen molar-refractivity contribution < 1.29 is 19.0 Å². The van der Waals surface area contributed by atoms with E-state index in [-0.39, 0.29) is 5.60 Å². The van der Waals surface area contributed by atoms with E-state index in [0.717, 1.165) is 5.56 Å². The third-order valence-electron chi connectivity index (χ3n) is 2.77. The van der Waals surface area contributed by atoms with Gasteiger partial charge in [-0.3, -0.25) is 0 Å². The molecular formula is C14H16O4. The van der Waals surface area contributed by atoms with Crippen LogP contribution in [0.4, 0.5) is 0 Å². The lowest BCUT2D eigenvalue weighted by Gasteiger charge is -2.28. The Morgan fingerprint density at radius 3 is 2.61 bits per heavy atom. The molecule has 0 radical (unpaired) electrons. The highest BCUT2D eigenvalue weighted by molar-refractivity contribution is 5.94. The van der Waals surface area contributed by atoms with Crippen LogP contribution in [0.3, 0.4) is 0 Å². The minimum atomic E-state index is -0.423. The topological polar surface area (TPSA) is 44.8 Å². The third kappa shape index (κ3) is 2.18. The number of ether oxygens (including phenoxy) is 3. The summed E-state index contributed by atoms with van der Waals surface area (Å²) in [5.41, 5.74) is 0.882. The Hall–Kier alpha value is -1.97. The predicted octanol–water partition coefficient (Wildman–Crippen LogP) is 2.67. The summed E-state index contributed by atoms with van der Waals surface area (Å²) in [5, 5.41) is 0. The second-order valence-corrected chi connectivity index (χ2v) is 4.62. The standard InChI is InChI=1S/C14H16O4/c1-14(2)6-5-9-7-10(13(15)17-4)12(16-3)8-11(9)18-14/h5-8H,1-4H3. The number of esters is 1. The Kier molecular flexibility index (Phi) is 3.03. The van der Waals surface area contributed by atoms with Crippen LogP contribution < -0.4 is 9.47 Å². The van der Waals surface area contributed by atoms with Crippen LogP contribution in [0.25, 0.3) is 6.08 Å². The molecule has 0 bridgehead atoms. The molecule has 96 valence electrons. The second kappa shape index (κ2) is 4.37. The first-order chi connectivity index (χ1) is 8.46. The van der Waals surface area contributed by atoms with Crippen molar-refractivity contribution in [1.29, 1.82) is 0 Å². The van der Waals surface area contributed by atoms with E-state index in [1.165, 1.54) is 14.2 Å². The number of carbonyl (C=O) groups is 1. The van der Waals surface area contributed by atoms with Gasteiger partial charge in [0.1, 0.15) is 22.7 Å². The van der Waals surface area contributed by atoms with Crippen LogP contribution in [0, 0.1) is 0 Å². The van der Waals surface area contributed by atoms with E-state index in [9.17, 15) is 4.79 Å². The van der Waals surface area contributed by atoms with Crippen LogP contribution in [0.1, 0.15) is 29.8 Å². The summed E-state index contributed by atoms with van der Waals surface area (Å²) in [4.78, 5) is 11.6. The van der Waals surface area contributed by atoms with Crippen molar-refractivity contribution in [2.24, 2.45) is 0 Å². The van der Waals surface area contributed by atoms with Gasteiger partial charge in [0.15, 0.2) is 0 Å². The monoisotopic (exact) mass is 248 g/mol. The van der Waals surface area contributed by atoms with E-state index < -0.39 is 5.97 Å². The van der Waals surface area contributed by atoms with Gasteiger partial charge >= 0.3 is 5.97 Å². The summed E-state index contributed by atoms with van der Waals surface area (Å²) in [7, 11) is 2.86. The molecule has 0 aromatic heterocycles. The summed E-state index contributed by atoms with van der Waals surface area (Å²) in [6, 6.07) is 3.43. The molecule has 1 aromatic rings. The number of carbonyl (C=O) groups excluding carboxylic acids is 1. The summed E-state index contributed by atoms with van der Waals surface area (Å²) in [6.07, 6.45) is 3.88. The largest absolute Gasteiger partial charge is 0.496 e. The average molecular weight is 248 g/mol. The molecule has 0 saturated heterocycles. The first kappa shape index (κ1) is 12.5. The molecule has 0 spiro atoms. The van der Waals surface area contributed by atoms with Gasteiger partial charge in [-0.2, -0.15) is 0 Å². The number of rotatable bonds is 2. The Labute approximate surface area is 106 Å². The highest BCUT2D eigenvalue weighted by Gasteiger charge is 2.24. The summed E-state index contributed by atoms with van der Waals surface area (Å²) >= 11 is 0. The number of methoxy groups -OCH3 is 2. The van der Waals surface area contributed by atoms with Gasteiger partial charge in [0, 0.05) is 11.6 Å². The van der Waals surface area contributed by atoms with Crippen molar-refractivity contribution in [2.45, 2.75) is 19.4 Å². The highest BCUT2D eigenvalue weighted by Crippen LogP contribution is 2.36. The van der Waals surface area contributed by atoms with Gasteiger partial charge in [0.2, 0.25) is 0 Å². The molecule has 0 N–H and O–H groups in total. The smallest absolute Gasteiger partial charge is 0.341 e. The molecule has 0 saturated carbocycles. The van der Waals surface area contributed by atoms with Crippen LogP contribution in [0.2, 0.25) is 0 Å². The van der Waals surface area contributed by atoms with Crippen LogP contribution in [0.15, 0.2) is 18.2 Å². The van der Waals surface area contributed by atoms with Crippen LogP contribution in [-0.4, -0.2) is 25.8 Å². The number of benzene rings is 1. The van der Waals surface area contributed by atoms with Crippen molar-refractivity contribution in [2.75, 3.05) is 14.2 Å². The van der Waals surface area contributed by atoms with Gasteiger partial charge in [-0.05, 0) is 26.0 Å². The molecule has 4 nitrogen and oxygen atoms in total. The fourth-order valence-electron chi connectivity index (χ4n) is 1.84. The molecule has 1 aliphatic heterocycles. The van der Waals surface area contributed by atoms with E-state index in [1.54, 1.807) is 12.1 Å². The number of hydrogen-bond donors (Lipinski definition) is 0. The van der Waals surface area contributed by atoms with Gasteiger partial charge in [-0.15, -0.1) is 0 Å². The van der Waals surface area contributed by atoms with Crippen molar-refractivity contribution in [3.63, 3.8) is 0 Å². The molecule has 1 aromatic carbocycles. The van der Waals surface area contributed by atoms with Gasteiger partial charge in [0.05, 0.1) is 14.2 Å². The summed E-state index contributed by atoms with van der Waals surface area (Å²) in [6.45, 7) is 3.93. The lowest BCUT2D eigenvalue weighted by atomic mass is 10.0. The molecular weight excluding hydrogens is 232 g/mol. The van der Waals surface area contributed by atoms with Crippen molar-refractivity contribution in [3.8, 4) is 11.5 Å². The first-order valence-electron chi connectivity index (χ1n) is 5.65. The Bertz CT molecular complexity index is 515. The zero-order valence-corrected chi connectivity index (χ0v) is 10.9. The highest BCUT2D eigenvalue weighted by atomic mass is 16.5. The third-order valence-corrected chi connectivity index (χ3v) is 2.77. The number of fused-ring (bicyclic) bond motifs is 1. The molecule has 1 heterocycles. The van der Waals surface area contributed by atoms with Gasteiger partial charge in [-0.25, -0.2) is 4.79 Å². The molecule has 4 heteroatoms. The zero-order chi connectivity index (χ0) is 13.3. The van der Waals surface area contributed by atoms with Crippen LogP contribution >= 0.6 is 0 Å². The molecule has 0 atom stereocenters. The van der Waals surface area contributed by atoms with E-state index in [4.69, 9.17) is 14.2 Å². The van der Waals surface area contributed by atoms with Gasteiger partial charge in [0.25, 0.3) is 0 Å². The average Bonchev–Trinajstić information content (AvgIpc) is 2.35. The molecule has 2 rings (SSSR count). The minimum absolute atomic E-state index is 0.356. The molecule has 0 fully saturated rings. The van der Waals surface area contributed by atoms with Crippen molar-refractivity contribution in [1.82, 2.24) is 0 Å². The van der Waals surface area contributed by atoms with Crippen molar-refractivity contribution >= 4 is 12.0 Å². The SMILES string of the molecule is COC(=O)c1cc2c(cc1OC)OC(C)(C)C=C2. The molecule has 0 unspecified atom stereocenters. The normalized spacial score (nSPS) is 15.6. The fraction of sp³-hybridized carbons (Fsp3) is 0.357. The number of hydrogen-bond acceptors (Lipinski definition) is 4. The maximum atomic E-state index is 11.6. The van der Waals surface area contributed by atoms with Crippen LogP contribution in [-0.2, 0) is 4.74 Å². The second-order valence-electron chi connectivity index (χ2n) is 4.62. The van der Waals surface area contributed by atoms with Crippen LogP contribution in [0.5, 0.6) is 11.5 Å². The summed E-state index contributed by atoms with van der Waals surface area (Å²) in [5.74, 6) is 0.728. The van der Waals surface area contributed by atoms with E-state index >= 15 is 0 Å². The van der Waals surface area contributed by atoms with E-state index in [2.05, 4.69) is 0 Å². The van der Waals surface area contributed by atoms with E-state index in [0.29, 0.717) is 17.1 Å². The Morgan fingerprint density at radius 2 is 2.00 bits per heavy atom. The quantitative estimate of drug-likeness (QED) is 0.755. The molecule has 0 amide bonds. The van der Waals surface area contributed by atoms with Gasteiger partial charge < -0.3 is 14.2 Å². The van der Waals surface area contributed by atoms with Crippen molar-refractivity contribution in [3.05, 3.63) is 29.3 Å². The summed E-state index contributed by atoms with van der Waals surface area (Å²) < 4.78 is 15.7. The lowest BCUT2D eigenvalue weighted by Crippen LogP contribution is -2.27. The minimum Gasteiger partial charge on any atom is -0.496 e. The van der Waals surface area contributed by atoms with E-state index in [1.807, 2.05) is 26.0 Å². The Morgan fingerprint density at radius 1 is 1.28 bits per heavy atom. The Balaban J connectivity index is 2.52. The fourth-order valence-corrected chi connectivity index (χ4v) is 1.84. The van der Waals surface area contributed by atoms with Gasteiger partial charge in [-0.1, -0.05) is 6.08 Å². The molecule has 18 heavy (non-hydrogen) atoms. The molecule has 1 aliphatic rings. The molecule has 0 aliphatic carbocycles. The zero-order valence-electron chi connectivity index (χ0n) is 10.9.